The summed E-state index contributed by atoms with van der Waals surface area (Å²) in [4.78, 5) is 4.39. The third-order valence-electron chi connectivity index (χ3n) is 5.43. The molecule has 6 nitrogen and oxygen atoms in total. The normalized spacial score (nSPS) is 12.1. The van der Waals surface area contributed by atoms with Crippen molar-refractivity contribution in [3.05, 3.63) is 82.7 Å². The van der Waals surface area contributed by atoms with E-state index in [-0.39, 0.29) is 30.0 Å². The van der Waals surface area contributed by atoms with Gasteiger partial charge in [0.2, 0.25) is 0 Å². The van der Waals surface area contributed by atoms with Crippen LogP contribution >= 0.6 is 24.0 Å². The summed E-state index contributed by atoms with van der Waals surface area (Å²) in [5, 5.41) is 11.4. The van der Waals surface area contributed by atoms with Crippen LogP contribution in [0.4, 0.5) is 0 Å². The second kappa shape index (κ2) is 12.5. The summed E-state index contributed by atoms with van der Waals surface area (Å²) < 4.78 is 8.01. The number of ether oxygens (including phenoxy) is 1. The van der Waals surface area contributed by atoms with Gasteiger partial charge in [0.25, 0.3) is 0 Å². The Hall–Kier alpha value is -2.55. The van der Waals surface area contributed by atoms with Crippen molar-refractivity contribution in [1.82, 2.24) is 20.4 Å². The van der Waals surface area contributed by atoms with E-state index in [1.54, 1.807) is 7.05 Å². The van der Waals surface area contributed by atoms with Crippen LogP contribution in [0.1, 0.15) is 35.0 Å². The Morgan fingerprint density at radius 3 is 2.44 bits per heavy atom. The van der Waals surface area contributed by atoms with E-state index in [0.29, 0.717) is 13.2 Å². The van der Waals surface area contributed by atoms with Crippen molar-refractivity contribution in [2.45, 2.75) is 46.4 Å². The molecule has 1 atom stereocenters. The minimum absolute atomic E-state index is 0. The van der Waals surface area contributed by atoms with E-state index >= 15 is 0 Å². The fourth-order valence-corrected chi connectivity index (χ4v) is 3.60. The first-order chi connectivity index (χ1) is 15.0. The summed E-state index contributed by atoms with van der Waals surface area (Å²) in [5.41, 5.74) is 5.82. The number of hydrogen-bond acceptors (Lipinski definition) is 3. The smallest absolute Gasteiger partial charge is 0.191 e. The number of nitrogens with one attached hydrogen (secondary N) is 2. The largest absolute Gasteiger partial charge is 0.489 e. The summed E-state index contributed by atoms with van der Waals surface area (Å²) in [6, 6.07) is 18.5. The molecule has 1 heterocycles. The maximum absolute atomic E-state index is 6.07. The molecule has 0 amide bonds. The van der Waals surface area contributed by atoms with E-state index in [1.807, 2.05) is 48.1 Å². The van der Waals surface area contributed by atoms with Crippen LogP contribution in [0.25, 0.3) is 0 Å². The number of para-hydroxylation sites is 1. The van der Waals surface area contributed by atoms with Gasteiger partial charge in [0, 0.05) is 37.9 Å². The number of aryl methyl sites for hydroxylation is 2. The lowest BCUT2D eigenvalue weighted by atomic mass is 10.1. The van der Waals surface area contributed by atoms with Crippen LogP contribution in [-0.2, 0) is 26.6 Å². The molecule has 172 valence electrons. The first-order valence-corrected chi connectivity index (χ1v) is 10.7. The minimum atomic E-state index is 0. The molecule has 0 aliphatic heterocycles. The van der Waals surface area contributed by atoms with Gasteiger partial charge >= 0.3 is 0 Å². The number of guanidine groups is 1. The summed E-state index contributed by atoms with van der Waals surface area (Å²) in [6.45, 7) is 7.51. The zero-order valence-electron chi connectivity index (χ0n) is 19.6. The number of nitrogens with zero attached hydrogens (tertiary/aromatic N) is 3. The molecule has 3 aromatic rings. The average Bonchev–Trinajstić information content (AvgIpc) is 3.02. The van der Waals surface area contributed by atoms with Gasteiger partial charge in [0.1, 0.15) is 12.4 Å². The van der Waals surface area contributed by atoms with Gasteiger partial charge in [-0.25, -0.2) is 0 Å². The molecular weight excluding hydrogens is 513 g/mol. The Balaban J connectivity index is 0.00000363. The van der Waals surface area contributed by atoms with Gasteiger partial charge in [-0.15, -0.1) is 24.0 Å². The summed E-state index contributed by atoms with van der Waals surface area (Å²) in [6.07, 6.45) is 0.892. The highest BCUT2D eigenvalue weighted by molar-refractivity contribution is 14.0. The molecule has 0 fully saturated rings. The third kappa shape index (κ3) is 6.98. The highest BCUT2D eigenvalue weighted by atomic mass is 127. The Morgan fingerprint density at radius 1 is 1.09 bits per heavy atom. The molecule has 1 unspecified atom stereocenters. The fourth-order valence-electron chi connectivity index (χ4n) is 3.60. The topological polar surface area (TPSA) is 63.5 Å². The zero-order valence-corrected chi connectivity index (χ0v) is 21.9. The van der Waals surface area contributed by atoms with Gasteiger partial charge in [0.15, 0.2) is 5.96 Å². The molecule has 0 saturated carbocycles. The summed E-state index contributed by atoms with van der Waals surface area (Å²) >= 11 is 0. The Morgan fingerprint density at radius 2 is 1.78 bits per heavy atom. The third-order valence-corrected chi connectivity index (χ3v) is 5.43. The van der Waals surface area contributed by atoms with Crippen molar-refractivity contribution >= 4 is 29.9 Å². The van der Waals surface area contributed by atoms with E-state index < -0.39 is 0 Å². The van der Waals surface area contributed by atoms with E-state index in [4.69, 9.17) is 4.74 Å². The molecule has 0 spiro atoms. The van der Waals surface area contributed by atoms with Crippen LogP contribution in [0.2, 0.25) is 0 Å². The van der Waals surface area contributed by atoms with Crippen LogP contribution < -0.4 is 15.4 Å². The molecule has 2 N–H and O–H groups in total. The highest BCUT2D eigenvalue weighted by Crippen LogP contribution is 2.19. The molecule has 32 heavy (non-hydrogen) atoms. The van der Waals surface area contributed by atoms with Crippen molar-refractivity contribution < 1.29 is 4.74 Å². The first kappa shape index (κ1) is 25.7. The fraction of sp³-hybridized carbons (Fsp3) is 0.360. The quantitative estimate of drug-likeness (QED) is 0.247. The minimum Gasteiger partial charge on any atom is -0.489 e. The number of aromatic nitrogens is 2. The SMILES string of the molecule is CN=C(NCc1ccccc1OCc1ccccc1)NC(C)Cc1c(C)nn(C)c1C.I. The molecule has 0 aliphatic carbocycles. The summed E-state index contributed by atoms with van der Waals surface area (Å²) in [7, 11) is 3.78. The molecule has 0 saturated heterocycles. The second-order valence-electron chi connectivity index (χ2n) is 7.83. The van der Waals surface area contributed by atoms with Crippen LogP contribution in [0.3, 0.4) is 0 Å². The second-order valence-corrected chi connectivity index (χ2v) is 7.83. The van der Waals surface area contributed by atoms with Gasteiger partial charge in [0.05, 0.1) is 5.69 Å². The molecular formula is C25H34IN5O. The predicted octanol–water partition coefficient (Wildman–Crippen LogP) is 4.53. The van der Waals surface area contributed by atoms with Crippen molar-refractivity contribution in [1.29, 1.82) is 0 Å². The zero-order chi connectivity index (χ0) is 22.2. The Labute approximate surface area is 208 Å². The van der Waals surface area contributed by atoms with E-state index in [1.165, 1.54) is 11.3 Å². The number of benzene rings is 2. The lowest BCUT2D eigenvalue weighted by Gasteiger charge is -2.19. The first-order valence-electron chi connectivity index (χ1n) is 10.7. The number of aliphatic imine (C=N–C) groups is 1. The van der Waals surface area contributed by atoms with Gasteiger partial charge in [-0.3, -0.25) is 9.67 Å². The number of hydrogen-bond donors (Lipinski definition) is 2. The number of halogens is 1. The van der Waals surface area contributed by atoms with Gasteiger partial charge in [-0.05, 0) is 44.4 Å². The van der Waals surface area contributed by atoms with Gasteiger partial charge in [-0.1, -0.05) is 48.5 Å². The van der Waals surface area contributed by atoms with E-state index in [2.05, 4.69) is 59.7 Å². The van der Waals surface area contributed by atoms with E-state index in [9.17, 15) is 0 Å². The van der Waals surface area contributed by atoms with Crippen molar-refractivity contribution in [2.75, 3.05) is 7.05 Å². The monoisotopic (exact) mass is 547 g/mol. The molecule has 0 aliphatic rings. The lowest BCUT2D eigenvalue weighted by molar-refractivity contribution is 0.302. The molecule has 1 aromatic heterocycles. The van der Waals surface area contributed by atoms with E-state index in [0.717, 1.165) is 35.0 Å². The predicted molar refractivity (Wildman–Crippen MR) is 142 cm³/mol. The molecule has 0 bridgehead atoms. The Bertz CT molecular complexity index is 1020. The van der Waals surface area contributed by atoms with Crippen LogP contribution in [0.15, 0.2) is 59.6 Å². The van der Waals surface area contributed by atoms with Gasteiger partial charge < -0.3 is 15.4 Å². The number of rotatable bonds is 8. The Kier molecular flexibility index (Phi) is 10.0. The molecule has 3 rings (SSSR count). The molecule has 7 heteroatoms. The van der Waals surface area contributed by atoms with Crippen molar-refractivity contribution in [3.63, 3.8) is 0 Å². The maximum atomic E-state index is 6.07. The lowest BCUT2D eigenvalue weighted by Crippen LogP contribution is -2.42. The maximum Gasteiger partial charge on any atom is 0.191 e. The average molecular weight is 547 g/mol. The standard InChI is InChI=1S/C25H33N5O.HI/c1-18(15-23-19(2)29-30(5)20(23)3)28-25(26-4)27-16-22-13-9-10-14-24(22)31-17-21-11-7-6-8-12-21;/h6-14,18H,15-17H2,1-5H3,(H2,26,27,28);1H. The summed E-state index contributed by atoms with van der Waals surface area (Å²) in [5.74, 6) is 1.65. The van der Waals surface area contributed by atoms with Gasteiger partial charge in [-0.2, -0.15) is 5.10 Å². The van der Waals surface area contributed by atoms with Crippen molar-refractivity contribution in [2.24, 2.45) is 12.0 Å². The molecule has 0 radical (unpaired) electrons. The van der Waals surface area contributed by atoms with Crippen LogP contribution in [0.5, 0.6) is 5.75 Å². The van der Waals surface area contributed by atoms with Crippen LogP contribution in [-0.4, -0.2) is 28.8 Å². The van der Waals surface area contributed by atoms with Crippen LogP contribution in [0, 0.1) is 13.8 Å². The van der Waals surface area contributed by atoms with Crippen molar-refractivity contribution in [3.8, 4) is 5.75 Å². The highest BCUT2D eigenvalue weighted by Gasteiger charge is 2.14. The molecule has 2 aromatic carbocycles.